The number of unbranched alkanes of at least 4 members (excludes halogenated alkanes) is 2. The van der Waals surface area contributed by atoms with Gasteiger partial charge in [0.05, 0.1) is 0 Å². The molecule has 0 spiro atoms. The van der Waals surface area contributed by atoms with Crippen molar-refractivity contribution in [2.24, 2.45) is 11.8 Å². The molecule has 0 aromatic rings. The van der Waals surface area contributed by atoms with Crippen LogP contribution in [0.2, 0.25) is 0 Å². The molecule has 1 aliphatic heterocycles. The van der Waals surface area contributed by atoms with E-state index in [2.05, 4.69) is 56.4 Å². The minimum absolute atomic E-state index is 0.522. The van der Waals surface area contributed by atoms with E-state index in [0.717, 1.165) is 12.3 Å². The molecule has 2 nitrogen and oxygen atoms in total. The van der Waals surface area contributed by atoms with Crippen LogP contribution < -0.4 is 0 Å². The Morgan fingerprint density at radius 1 is 1.09 bits per heavy atom. The predicted molar refractivity (Wildman–Crippen MR) is 98.0 cm³/mol. The maximum atomic E-state index is 3.29. The molecule has 0 bridgehead atoms. The van der Waals surface area contributed by atoms with Crippen LogP contribution in [0.3, 0.4) is 0 Å². The highest BCUT2D eigenvalue weighted by molar-refractivity contribution is 5.00. The van der Waals surface area contributed by atoms with Crippen LogP contribution >= 0.6 is 0 Å². The molecule has 1 heterocycles. The summed E-state index contributed by atoms with van der Waals surface area (Å²) >= 11 is 0. The molecular weight excluding hydrogens is 268 g/mol. The van der Waals surface area contributed by atoms with Gasteiger partial charge in [-0.1, -0.05) is 13.8 Å². The number of hydrogen-bond donors (Lipinski definition) is 0. The lowest BCUT2D eigenvalue weighted by Gasteiger charge is -2.33. The Morgan fingerprint density at radius 3 is 2.36 bits per heavy atom. The van der Waals surface area contributed by atoms with Crippen molar-refractivity contribution in [1.82, 2.24) is 9.80 Å². The first-order valence-electron chi connectivity index (χ1n) is 9.40. The zero-order chi connectivity index (χ0) is 16.4. The molecule has 1 rings (SSSR count). The smallest absolute Gasteiger partial charge is 0.0146 e. The lowest BCUT2D eigenvalue weighted by Crippen LogP contribution is -2.36. The average Bonchev–Trinajstić information content (AvgIpc) is 2.49. The van der Waals surface area contributed by atoms with Gasteiger partial charge in [0.1, 0.15) is 0 Å². The van der Waals surface area contributed by atoms with Gasteiger partial charge in [-0.05, 0) is 85.1 Å². The fraction of sp³-hybridized carbons (Fsp3) is 0.900. The van der Waals surface area contributed by atoms with Crippen molar-refractivity contribution in [2.45, 2.75) is 72.3 Å². The lowest BCUT2D eigenvalue weighted by molar-refractivity contribution is 0.161. The third kappa shape index (κ3) is 8.81. The zero-order valence-corrected chi connectivity index (χ0v) is 15.7. The molecule has 0 radical (unpaired) electrons. The van der Waals surface area contributed by atoms with Gasteiger partial charge in [0.2, 0.25) is 0 Å². The van der Waals surface area contributed by atoms with Crippen molar-refractivity contribution >= 4 is 0 Å². The third-order valence-corrected chi connectivity index (χ3v) is 4.90. The van der Waals surface area contributed by atoms with Crippen LogP contribution in [0.15, 0.2) is 0 Å². The van der Waals surface area contributed by atoms with Gasteiger partial charge in [-0.25, -0.2) is 0 Å². The summed E-state index contributed by atoms with van der Waals surface area (Å²) in [6, 6.07) is 0.680. The fourth-order valence-electron chi connectivity index (χ4n) is 2.97. The summed E-state index contributed by atoms with van der Waals surface area (Å²) in [4.78, 5) is 5.14. The van der Waals surface area contributed by atoms with Gasteiger partial charge in [0.15, 0.2) is 0 Å². The number of rotatable bonds is 8. The monoisotopic (exact) mass is 306 g/mol. The average molecular weight is 307 g/mol. The third-order valence-electron chi connectivity index (χ3n) is 4.90. The van der Waals surface area contributed by atoms with E-state index >= 15 is 0 Å². The molecule has 0 saturated carbocycles. The van der Waals surface area contributed by atoms with Crippen molar-refractivity contribution in [2.75, 3.05) is 33.2 Å². The first kappa shape index (κ1) is 19.5. The van der Waals surface area contributed by atoms with Gasteiger partial charge in [0, 0.05) is 18.4 Å². The number of hydrogen-bond acceptors (Lipinski definition) is 2. The molecule has 0 atom stereocenters. The SMILES string of the molecule is CC(C)C#CCCCCN1CCC(CCN(C)C(C)C)CC1. The van der Waals surface area contributed by atoms with Crippen molar-refractivity contribution in [1.29, 1.82) is 0 Å². The maximum absolute atomic E-state index is 3.29. The van der Waals surface area contributed by atoms with Crippen LogP contribution in [0.1, 0.15) is 66.2 Å². The van der Waals surface area contributed by atoms with Crippen LogP contribution in [-0.4, -0.2) is 49.1 Å². The van der Waals surface area contributed by atoms with Crippen LogP contribution in [0.5, 0.6) is 0 Å². The Morgan fingerprint density at radius 2 is 1.77 bits per heavy atom. The van der Waals surface area contributed by atoms with Crippen LogP contribution in [0.4, 0.5) is 0 Å². The van der Waals surface area contributed by atoms with Gasteiger partial charge in [-0.3, -0.25) is 0 Å². The van der Waals surface area contributed by atoms with E-state index in [1.807, 2.05) is 0 Å². The first-order chi connectivity index (χ1) is 10.5. The molecule has 0 aromatic carbocycles. The van der Waals surface area contributed by atoms with E-state index in [1.165, 1.54) is 58.3 Å². The number of nitrogens with zero attached hydrogens (tertiary/aromatic N) is 2. The molecule has 0 N–H and O–H groups in total. The normalized spacial score (nSPS) is 17.3. The molecule has 1 saturated heterocycles. The van der Waals surface area contributed by atoms with Gasteiger partial charge in [-0.15, -0.1) is 11.8 Å². The second-order valence-electron chi connectivity index (χ2n) is 7.58. The molecule has 0 aromatic heterocycles. The minimum atomic E-state index is 0.522. The molecule has 128 valence electrons. The first-order valence-corrected chi connectivity index (χ1v) is 9.40. The van der Waals surface area contributed by atoms with E-state index in [1.54, 1.807) is 0 Å². The van der Waals surface area contributed by atoms with Crippen LogP contribution in [0, 0.1) is 23.7 Å². The number of piperidine rings is 1. The van der Waals surface area contributed by atoms with Crippen molar-refractivity contribution in [3.63, 3.8) is 0 Å². The highest BCUT2D eigenvalue weighted by Crippen LogP contribution is 2.21. The molecular formula is C20H38N2. The summed E-state index contributed by atoms with van der Waals surface area (Å²) in [7, 11) is 2.25. The van der Waals surface area contributed by atoms with Gasteiger partial charge in [0.25, 0.3) is 0 Å². The van der Waals surface area contributed by atoms with Gasteiger partial charge >= 0.3 is 0 Å². The standard InChI is InChI=1S/C20H38N2/c1-18(2)10-8-6-7-9-14-22-16-12-20(13-17-22)11-15-21(5)19(3)4/h18-20H,6-7,9,11-17H2,1-5H3. The molecule has 0 aliphatic carbocycles. The summed E-state index contributed by atoms with van der Waals surface area (Å²) in [6.07, 6.45) is 7.84. The van der Waals surface area contributed by atoms with Crippen LogP contribution in [0.25, 0.3) is 0 Å². The Kier molecular flexibility index (Phi) is 9.84. The second-order valence-corrected chi connectivity index (χ2v) is 7.58. The summed E-state index contributed by atoms with van der Waals surface area (Å²) in [5.74, 6) is 8.02. The van der Waals surface area contributed by atoms with Gasteiger partial charge < -0.3 is 9.80 Å². The lowest BCUT2D eigenvalue weighted by atomic mass is 9.93. The van der Waals surface area contributed by atoms with E-state index in [4.69, 9.17) is 0 Å². The maximum Gasteiger partial charge on any atom is 0.0146 e. The number of likely N-dealkylation sites (tertiary alicyclic amines) is 1. The summed E-state index contributed by atoms with van der Waals surface area (Å²) < 4.78 is 0. The van der Waals surface area contributed by atoms with Crippen LogP contribution in [-0.2, 0) is 0 Å². The second kappa shape index (κ2) is 11.1. The van der Waals surface area contributed by atoms with Crippen molar-refractivity contribution in [3.05, 3.63) is 0 Å². The zero-order valence-electron chi connectivity index (χ0n) is 15.7. The molecule has 1 fully saturated rings. The summed E-state index contributed by atoms with van der Waals surface area (Å²) in [5.41, 5.74) is 0. The molecule has 0 amide bonds. The quantitative estimate of drug-likeness (QED) is 0.488. The molecule has 2 heteroatoms. The topological polar surface area (TPSA) is 6.48 Å². The summed E-state index contributed by atoms with van der Waals surface area (Å²) in [5, 5.41) is 0. The minimum Gasteiger partial charge on any atom is -0.304 e. The Balaban J connectivity index is 2.04. The fourth-order valence-corrected chi connectivity index (χ4v) is 2.97. The highest BCUT2D eigenvalue weighted by Gasteiger charge is 2.19. The molecule has 1 aliphatic rings. The van der Waals surface area contributed by atoms with E-state index in [9.17, 15) is 0 Å². The Labute approximate surface area is 139 Å². The summed E-state index contributed by atoms with van der Waals surface area (Å²) in [6.45, 7) is 14.1. The van der Waals surface area contributed by atoms with E-state index < -0.39 is 0 Å². The van der Waals surface area contributed by atoms with Crippen molar-refractivity contribution in [3.8, 4) is 11.8 Å². The largest absolute Gasteiger partial charge is 0.304 e. The Bertz CT molecular complexity index is 329. The molecule has 0 unspecified atom stereocenters. The van der Waals surface area contributed by atoms with E-state index in [-0.39, 0.29) is 0 Å². The van der Waals surface area contributed by atoms with Crippen molar-refractivity contribution < 1.29 is 0 Å². The Hall–Kier alpha value is -0.520. The molecule has 22 heavy (non-hydrogen) atoms. The van der Waals surface area contributed by atoms with Gasteiger partial charge in [-0.2, -0.15) is 0 Å². The van der Waals surface area contributed by atoms with E-state index in [0.29, 0.717) is 12.0 Å². The predicted octanol–water partition coefficient (Wildman–Crippen LogP) is 4.26. The highest BCUT2D eigenvalue weighted by atomic mass is 15.1.